The van der Waals surface area contributed by atoms with Crippen LogP contribution in [0.5, 0.6) is 0 Å². The molecule has 0 N–H and O–H groups in total. The minimum absolute atomic E-state index is 0.112. The molecule has 6 heteroatoms. The van der Waals surface area contributed by atoms with Gasteiger partial charge in [0.25, 0.3) is 0 Å². The molecule has 2 aromatic carbocycles. The highest BCUT2D eigenvalue weighted by molar-refractivity contribution is 5.98. The highest BCUT2D eigenvalue weighted by atomic mass is 16.2. The molecular formula is C25H22N4O2. The van der Waals surface area contributed by atoms with Crippen LogP contribution in [0, 0.1) is 5.41 Å². The molecule has 2 aromatic heterocycles. The van der Waals surface area contributed by atoms with Crippen LogP contribution in [0.1, 0.15) is 36.3 Å². The van der Waals surface area contributed by atoms with Crippen molar-refractivity contribution in [2.24, 2.45) is 5.41 Å². The third-order valence-electron chi connectivity index (χ3n) is 5.58. The van der Waals surface area contributed by atoms with Crippen molar-refractivity contribution in [3.63, 3.8) is 0 Å². The van der Waals surface area contributed by atoms with E-state index in [0.717, 1.165) is 5.69 Å². The molecule has 0 saturated heterocycles. The van der Waals surface area contributed by atoms with Crippen LogP contribution in [0.15, 0.2) is 77.6 Å². The van der Waals surface area contributed by atoms with E-state index < -0.39 is 0 Å². The SMILES string of the molecule is CC1(C)CC(=O)c2ccc(-c3nn(-c4ccccc4)c(=O)n3-c3ccccc3)nc2C1. The fraction of sp³-hybridized carbons (Fsp3) is 0.200. The molecule has 0 bridgehead atoms. The number of hydrogen-bond donors (Lipinski definition) is 0. The molecule has 0 radical (unpaired) electrons. The van der Waals surface area contributed by atoms with Gasteiger partial charge in [0, 0.05) is 12.0 Å². The number of hydrogen-bond acceptors (Lipinski definition) is 4. The molecule has 0 spiro atoms. The second-order valence-corrected chi connectivity index (χ2v) is 8.66. The summed E-state index contributed by atoms with van der Waals surface area (Å²) in [5.41, 5.74) is 2.97. The zero-order chi connectivity index (χ0) is 21.6. The van der Waals surface area contributed by atoms with Gasteiger partial charge in [-0.25, -0.2) is 14.3 Å². The third-order valence-corrected chi connectivity index (χ3v) is 5.58. The lowest BCUT2D eigenvalue weighted by Crippen LogP contribution is -2.28. The van der Waals surface area contributed by atoms with E-state index in [1.54, 1.807) is 10.6 Å². The topological polar surface area (TPSA) is 69.8 Å². The number of pyridine rings is 1. The molecule has 154 valence electrons. The molecule has 1 aliphatic carbocycles. The van der Waals surface area contributed by atoms with Gasteiger partial charge in [-0.1, -0.05) is 50.2 Å². The van der Waals surface area contributed by atoms with E-state index in [1.807, 2.05) is 66.7 Å². The minimum Gasteiger partial charge on any atom is -0.294 e. The van der Waals surface area contributed by atoms with Crippen molar-refractivity contribution < 1.29 is 4.79 Å². The normalized spacial score (nSPS) is 15.0. The van der Waals surface area contributed by atoms with Gasteiger partial charge < -0.3 is 0 Å². The van der Waals surface area contributed by atoms with Crippen LogP contribution in [0.25, 0.3) is 22.9 Å². The van der Waals surface area contributed by atoms with Gasteiger partial charge in [-0.3, -0.25) is 4.79 Å². The van der Waals surface area contributed by atoms with Crippen LogP contribution in [-0.4, -0.2) is 25.1 Å². The maximum Gasteiger partial charge on any atom is 0.355 e. The fourth-order valence-corrected chi connectivity index (χ4v) is 4.14. The lowest BCUT2D eigenvalue weighted by atomic mass is 9.75. The Labute approximate surface area is 179 Å². The monoisotopic (exact) mass is 410 g/mol. The summed E-state index contributed by atoms with van der Waals surface area (Å²) in [6, 6.07) is 22.3. The maximum atomic E-state index is 13.4. The summed E-state index contributed by atoms with van der Waals surface area (Å²) in [7, 11) is 0. The molecule has 0 aliphatic heterocycles. The molecule has 0 atom stereocenters. The zero-order valence-corrected chi connectivity index (χ0v) is 17.4. The smallest absolute Gasteiger partial charge is 0.294 e. The van der Waals surface area contributed by atoms with Crippen molar-refractivity contribution in [1.29, 1.82) is 0 Å². The number of ketones is 1. The highest BCUT2D eigenvalue weighted by Crippen LogP contribution is 2.34. The Balaban J connectivity index is 1.73. The van der Waals surface area contributed by atoms with Gasteiger partial charge in [0.05, 0.1) is 17.1 Å². The third kappa shape index (κ3) is 3.40. The van der Waals surface area contributed by atoms with Crippen LogP contribution >= 0.6 is 0 Å². The molecule has 4 aromatic rings. The molecule has 6 nitrogen and oxygen atoms in total. The Bertz CT molecular complexity index is 1340. The van der Waals surface area contributed by atoms with Gasteiger partial charge in [-0.2, -0.15) is 4.68 Å². The van der Waals surface area contributed by atoms with E-state index in [4.69, 9.17) is 4.98 Å². The average molecular weight is 410 g/mol. The summed E-state index contributed by atoms with van der Waals surface area (Å²) >= 11 is 0. The first-order valence-electron chi connectivity index (χ1n) is 10.3. The first-order chi connectivity index (χ1) is 14.9. The van der Waals surface area contributed by atoms with Crippen molar-refractivity contribution in [3.05, 3.63) is 94.5 Å². The molecule has 0 amide bonds. The molecule has 0 unspecified atom stereocenters. The molecule has 5 rings (SSSR count). The van der Waals surface area contributed by atoms with Gasteiger partial charge in [-0.05, 0) is 48.2 Å². The van der Waals surface area contributed by atoms with Crippen molar-refractivity contribution in [1.82, 2.24) is 19.3 Å². The van der Waals surface area contributed by atoms with Crippen molar-refractivity contribution >= 4 is 5.78 Å². The van der Waals surface area contributed by atoms with Gasteiger partial charge in [0.15, 0.2) is 11.6 Å². The van der Waals surface area contributed by atoms with Crippen LogP contribution < -0.4 is 5.69 Å². The number of carbonyl (C=O) groups is 1. The number of carbonyl (C=O) groups excluding carboxylic acids is 1. The average Bonchev–Trinajstić information content (AvgIpc) is 3.11. The molecule has 0 saturated carbocycles. The standard InChI is InChI=1S/C25H22N4O2/c1-25(2)15-21-19(22(30)16-25)13-14-20(26-21)23-27-29(18-11-7-4-8-12-18)24(31)28(23)17-9-5-3-6-10-17/h3-14H,15-16H2,1-2H3. The second kappa shape index (κ2) is 7.16. The lowest BCUT2D eigenvalue weighted by molar-refractivity contribution is 0.0910. The molecule has 2 heterocycles. The number of Topliss-reactive ketones (excluding diaryl/α,β-unsaturated/α-hetero) is 1. The molecule has 0 fully saturated rings. The first kappa shape index (κ1) is 19.2. The largest absolute Gasteiger partial charge is 0.355 e. The number of aromatic nitrogens is 4. The van der Waals surface area contributed by atoms with Crippen LogP contribution in [0.3, 0.4) is 0 Å². The number of para-hydroxylation sites is 2. The van der Waals surface area contributed by atoms with Crippen molar-refractivity contribution in [2.45, 2.75) is 26.7 Å². The molecule has 31 heavy (non-hydrogen) atoms. The van der Waals surface area contributed by atoms with Crippen molar-refractivity contribution in [2.75, 3.05) is 0 Å². The van der Waals surface area contributed by atoms with Gasteiger partial charge in [0.2, 0.25) is 0 Å². The predicted molar refractivity (Wildman–Crippen MR) is 119 cm³/mol. The summed E-state index contributed by atoms with van der Waals surface area (Å²) in [6.45, 7) is 4.15. The Hall–Kier alpha value is -3.80. The van der Waals surface area contributed by atoms with Crippen molar-refractivity contribution in [3.8, 4) is 22.9 Å². The number of fused-ring (bicyclic) bond motifs is 1. The first-order valence-corrected chi connectivity index (χ1v) is 10.3. The number of nitrogens with zero attached hydrogens (tertiary/aromatic N) is 4. The Morgan fingerprint density at radius 1 is 0.806 bits per heavy atom. The van der Waals surface area contributed by atoms with Gasteiger partial charge >= 0.3 is 5.69 Å². The van der Waals surface area contributed by atoms with Crippen LogP contribution in [-0.2, 0) is 6.42 Å². The fourth-order valence-electron chi connectivity index (χ4n) is 4.14. The quantitative estimate of drug-likeness (QED) is 0.507. The predicted octanol–water partition coefficient (Wildman–Crippen LogP) is 4.24. The molecule has 1 aliphatic rings. The van der Waals surface area contributed by atoms with E-state index in [2.05, 4.69) is 18.9 Å². The lowest BCUT2D eigenvalue weighted by Gasteiger charge is -2.29. The van der Waals surface area contributed by atoms with E-state index in [-0.39, 0.29) is 16.9 Å². The van der Waals surface area contributed by atoms with E-state index in [9.17, 15) is 9.59 Å². The minimum atomic E-state index is -0.275. The van der Waals surface area contributed by atoms with Gasteiger partial charge in [-0.15, -0.1) is 5.10 Å². The van der Waals surface area contributed by atoms with Crippen LogP contribution in [0.2, 0.25) is 0 Å². The van der Waals surface area contributed by atoms with Gasteiger partial charge in [0.1, 0.15) is 5.69 Å². The molecular weight excluding hydrogens is 388 g/mol. The second-order valence-electron chi connectivity index (χ2n) is 8.66. The Morgan fingerprint density at radius 3 is 2.13 bits per heavy atom. The summed E-state index contributed by atoms with van der Waals surface area (Å²) in [4.78, 5) is 30.8. The summed E-state index contributed by atoms with van der Waals surface area (Å²) in [5.74, 6) is 0.555. The Morgan fingerprint density at radius 2 is 1.45 bits per heavy atom. The van der Waals surface area contributed by atoms with E-state index >= 15 is 0 Å². The number of rotatable bonds is 3. The zero-order valence-electron chi connectivity index (χ0n) is 17.4. The maximum absolute atomic E-state index is 13.4. The van der Waals surface area contributed by atoms with E-state index in [1.165, 1.54) is 4.68 Å². The van der Waals surface area contributed by atoms with Crippen LogP contribution in [0.4, 0.5) is 0 Å². The van der Waals surface area contributed by atoms with E-state index in [0.29, 0.717) is 41.3 Å². The Kier molecular flexibility index (Phi) is 4.43. The summed E-state index contributed by atoms with van der Waals surface area (Å²) in [6.07, 6.45) is 1.22. The number of benzene rings is 2. The highest BCUT2D eigenvalue weighted by Gasteiger charge is 2.32. The summed E-state index contributed by atoms with van der Waals surface area (Å²) in [5, 5.41) is 4.65. The summed E-state index contributed by atoms with van der Waals surface area (Å²) < 4.78 is 2.95.